The van der Waals surface area contributed by atoms with Crippen LogP contribution in [0.1, 0.15) is 43.3 Å². The largest absolute Gasteiger partial charge is 0.381 e. The maximum atomic E-state index is 12.7. The van der Waals surface area contributed by atoms with Crippen molar-refractivity contribution in [3.63, 3.8) is 0 Å². The molecule has 144 valence electrons. The van der Waals surface area contributed by atoms with E-state index in [2.05, 4.69) is 21.8 Å². The number of piperazine rings is 1. The first-order chi connectivity index (χ1) is 12.5. The Morgan fingerprint density at radius 1 is 1.27 bits per heavy atom. The van der Waals surface area contributed by atoms with Crippen LogP contribution in [-0.4, -0.2) is 70.6 Å². The zero-order chi connectivity index (χ0) is 18.7. The van der Waals surface area contributed by atoms with Gasteiger partial charge in [0.25, 0.3) is 5.56 Å². The zero-order valence-electron chi connectivity index (χ0n) is 16.1. The SMILES string of the molecule is Cc1nc(C)c(CCC(=O)N2CCN(C3CCOCC3)C[C@@H]2C)c(=O)[nH]1. The number of carbonyl (C=O) groups excluding carboxylic acids is 1. The van der Waals surface area contributed by atoms with Crippen LogP contribution in [0, 0.1) is 13.8 Å². The van der Waals surface area contributed by atoms with E-state index in [1.54, 1.807) is 6.92 Å². The fourth-order valence-corrected chi connectivity index (χ4v) is 4.16. The second-order valence-corrected chi connectivity index (χ2v) is 7.49. The van der Waals surface area contributed by atoms with Gasteiger partial charge in [0.2, 0.25) is 5.91 Å². The summed E-state index contributed by atoms with van der Waals surface area (Å²) in [7, 11) is 0. The number of amides is 1. The second kappa shape index (κ2) is 8.31. The van der Waals surface area contributed by atoms with Crippen LogP contribution < -0.4 is 5.56 Å². The molecule has 1 aromatic rings. The third kappa shape index (κ3) is 4.32. The van der Waals surface area contributed by atoms with Gasteiger partial charge in [-0.15, -0.1) is 0 Å². The highest BCUT2D eigenvalue weighted by atomic mass is 16.5. The van der Waals surface area contributed by atoms with Crippen LogP contribution in [0.15, 0.2) is 4.79 Å². The number of nitrogens with one attached hydrogen (secondary N) is 1. The maximum absolute atomic E-state index is 12.7. The average molecular weight is 362 g/mol. The molecule has 2 saturated heterocycles. The fourth-order valence-electron chi connectivity index (χ4n) is 4.16. The second-order valence-electron chi connectivity index (χ2n) is 7.49. The molecular weight excluding hydrogens is 332 g/mol. The van der Waals surface area contributed by atoms with Crippen molar-refractivity contribution in [1.82, 2.24) is 19.8 Å². The Balaban J connectivity index is 1.55. The van der Waals surface area contributed by atoms with Crippen molar-refractivity contribution in [2.45, 2.75) is 58.5 Å². The molecule has 3 rings (SSSR count). The molecule has 0 aliphatic carbocycles. The van der Waals surface area contributed by atoms with Crippen molar-refractivity contribution in [1.29, 1.82) is 0 Å². The Morgan fingerprint density at radius 2 is 2.00 bits per heavy atom. The van der Waals surface area contributed by atoms with E-state index in [4.69, 9.17) is 4.74 Å². The number of hydrogen-bond acceptors (Lipinski definition) is 5. The van der Waals surface area contributed by atoms with E-state index in [1.807, 2.05) is 11.8 Å². The molecule has 0 aromatic carbocycles. The van der Waals surface area contributed by atoms with Crippen LogP contribution >= 0.6 is 0 Å². The molecule has 0 bridgehead atoms. The molecule has 7 heteroatoms. The summed E-state index contributed by atoms with van der Waals surface area (Å²) >= 11 is 0. The van der Waals surface area contributed by atoms with Crippen LogP contribution in [0.5, 0.6) is 0 Å². The third-order valence-electron chi connectivity index (χ3n) is 5.62. The Kier molecular flexibility index (Phi) is 6.09. The number of ether oxygens (including phenoxy) is 1. The van der Waals surface area contributed by atoms with E-state index in [-0.39, 0.29) is 17.5 Å². The van der Waals surface area contributed by atoms with Gasteiger partial charge >= 0.3 is 0 Å². The van der Waals surface area contributed by atoms with Gasteiger partial charge in [0.05, 0.1) is 0 Å². The van der Waals surface area contributed by atoms with Crippen molar-refractivity contribution < 1.29 is 9.53 Å². The predicted molar refractivity (Wildman–Crippen MR) is 99.2 cm³/mol. The number of aromatic nitrogens is 2. The molecular formula is C19H30N4O3. The summed E-state index contributed by atoms with van der Waals surface area (Å²) in [5, 5.41) is 0. The van der Waals surface area contributed by atoms with Crippen LogP contribution in [-0.2, 0) is 16.0 Å². The van der Waals surface area contributed by atoms with Crippen molar-refractivity contribution in [3.8, 4) is 0 Å². The fraction of sp³-hybridized carbons (Fsp3) is 0.737. The van der Waals surface area contributed by atoms with E-state index in [0.717, 1.165) is 51.4 Å². The molecule has 2 aliphatic heterocycles. The molecule has 0 radical (unpaired) electrons. The predicted octanol–water partition coefficient (Wildman–Crippen LogP) is 1.03. The van der Waals surface area contributed by atoms with E-state index in [9.17, 15) is 9.59 Å². The van der Waals surface area contributed by atoms with Crippen molar-refractivity contribution in [2.24, 2.45) is 0 Å². The Labute approximate surface area is 154 Å². The summed E-state index contributed by atoms with van der Waals surface area (Å²) in [4.78, 5) is 36.3. The summed E-state index contributed by atoms with van der Waals surface area (Å²) in [6, 6.07) is 0.790. The normalized spacial score (nSPS) is 22.6. The third-order valence-corrected chi connectivity index (χ3v) is 5.62. The lowest BCUT2D eigenvalue weighted by Gasteiger charge is -2.44. The number of rotatable bonds is 4. The van der Waals surface area contributed by atoms with Crippen LogP contribution in [0.4, 0.5) is 0 Å². The lowest BCUT2D eigenvalue weighted by Crippen LogP contribution is -2.57. The maximum Gasteiger partial charge on any atom is 0.254 e. The van der Waals surface area contributed by atoms with Crippen LogP contribution in [0.3, 0.4) is 0 Å². The van der Waals surface area contributed by atoms with Gasteiger partial charge in [0.15, 0.2) is 0 Å². The van der Waals surface area contributed by atoms with Crippen molar-refractivity contribution in [3.05, 3.63) is 27.4 Å². The first kappa shape index (κ1) is 19.0. The summed E-state index contributed by atoms with van der Waals surface area (Å²) < 4.78 is 5.45. The molecule has 1 aromatic heterocycles. The number of hydrogen-bond donors (Lipinski definition) is 1. The van der Waals surface area contributed by atoms with E-state index in [0.29, 0.717) is 30.3 Å². The number of nitrogens with zero attached hydrogens (tertiary/aromatic N) is 3. The lowest BCUT2D eigenvalue weighted by molar-refractivity contribution is -0.136. The van der Waals surface area contributed by atoms with Gasteiger partial charge in [0, 0.05) is 62.6 Å². The summed E-state index contributed by atoms with van der Waals surface area (Å²) in [5.41, 5.74) is 1.22. The van der Waals surface area contributed by atoms with E-state index >= 15 is 0 Å². The lowest BCUT2D eigenvalue weighted by atomic mass is 10.0. The van der Waals surface area contributed by atoms with Crippen LogP contribution in [0.25, 0.3) is 0 Å². The molecule has 26 heavy (non-hydrogen) atoms. The quantitative estimate of drug-likeness (QED) is 0.866. The monoisotopic (exact) mass is 362 g/mol. The molecule has 0 saturated carbocycles. The van der Waals surface area contributed by atoms with Crippen LogP contribution in [0.2, 0.25) is 0 Å². The van der Waals surface area contributed by atoms with E-state index < -0.39 is 0 Å². The molecule has 2 aliphatic rings. The Bertz CT molecular complexity index is 697. The highest BCUT2D eigenvalue weighted by Gasteiger charge is 2.31. The number of carbonyl (C=O) groups is 1. The zero-order valence-corrected chi connectivity index (χ0v) is 16.1. The highest BCUT2D eigenvalue weighted by Crippen LogP contribution is 2.20. The van der Waals surface area contributed by atoms with Gasteiger partial charge in [-0.25, -0.2) is 4.98 Å². The molecule has 1 atom stereocenters. The Morgan fingerprint density at radius 3 is 2.65 bits per heavy atom. The number of aromatic amines is 1. The number of aryl methyl sites for hydroxylation is 2. The molecule has 2 fully saturated rings. The summed E-state index contributed by atoms with van der Waals surface area (Å²) in [6.45, 7) is 10.0. The minimum Gasteiger partial charge on any atom is -0.381 e. The van der Waals surface area contributed by atoms with Gasteiger partial charge in [-0.2, -0.15) is 0 Å². The van der Waals surface area contributed by atoms with E-state index in [1.165, 1.54) is 0 Å². The summed E-state index contributed by atoms with van der Waals surface area (Å²) in [6.07, 6.45) is 2.97. The first-order valence-electron chi connectivity index (χ1n) is 9.63. The highest BCUT2D eigenvalue weighted by molar-refractivity contribution is 5.77. The van der Waals surface area contributed by atoms with Crippen molar-refractivity contribution in [2.75, 3.05) is 32.8 Å². The average Bonchev–Trinajstić information content (AvgIpc) is 2.61. The van der Waals surface area contributed by atoms with Crippen molar-refractivity contribution >= 4 is 5.91 Å². The minimum absolute atomic E-state index is 0.125. The number of H-pyrrole nitrogens is 1. The minimum atomic E-state index is -0.125. The Hall–Kier alpha value is -1.73. The van der Waals surface area contributed by atoms with Gasteiger partial charge in [0.1, 0.15) is 5.82 Å². The molecule has 0 spiro atoms. The molecule has 1 N–H and O–H groups in total. The van der Waals surface area contributed by atoms with Gasteiger partial charge in [-0.3, -0.25) is 14.5 Å². The molecule has 1 amide bonds. The van der Waals surface area contributed by atoms with Gasteiger partial charge in [-0.1, -0.05) is 0 Å². The smallest absolute Gasteiger partial charge is 0.254 e. The molecule has 7 nitrogen and oxygen atoms in total. The topological polar surface area (TPSA) is 78.5 Å². The first-order valence-corrected chi connectivity index (χ1v) is 9.63. The van der Waals surface area contributed by atoms with Gasteiger partial charge in [-0.05, 0) is 40.0 Å². The van der Waals surface area contributed by atoms with Gasteiger partial charge < -0.3 is 14.6 Å². The summed E-state index contributed by atoms with van der Waals surface area (Å²) in [5.74, 6) is 0.740. The standard InChI is InChI=1S/C19H30N4O3/c1-13-12-22(16-6-10-26-11-7-16)8-9-23(13)18(24)5-4-17-14(2)20-15(3)21-19(17)25/h13,16H,4-12H2,1-3H3,(H,20,21,25)/t13-/m0/s1. The molecule has 0 unspecified atom stereocenters. The molecule has 3 heterocycles.